The van der Waals surface area contributed by atoms with E-state index in [1.54, 1.807) is 0 Å². The quantitative estimate of drug-likeness (QED) is 0.726. The first kappa shape index (κ1) is 13.8. The topological polar surface area (TPSA) is 15.3 Å². The molecule has 0 spiro atoms. The first-order valence-electron chi connectivity index (χ1n) is 6.78. The van der Waals surface area contributed by atoms with E-state index in [1.165, 1.54) is 23.3 Å². The maximum absolute atomic E-state index is 4.17. The summed E-state index contributed by atoms with van der Waals surface area (Å²) < 4.78 is 0. The van der Waals surface area contributed by atoms with Crippen molar-refractivity contribution in [3.05, 3.63) is 34.5 Å². The van der Waals surface area contributed by atoms with E-state index in [2.05, 4.69) is 48.3 Å². The summed E-state index contributed by atoms with van der Waals surface area (Å²) in [5.41, 5.74) is 1.29. The number of hydrogen-bond donors (Lipinski definition) is 1. The molecule has 1 atom stereocenters. The third-order valence-corrected chi connectivity index (χ3v) is 4.42. The molecule has 2 rings (SSSR count). The van der Waals surface area contributed by atoms with E-state index in [1.807, 2.05) is 11.3 Å². The van der Waals surface area contributed by atoms with Gasteiger partial charge in [0.05, 0.1) is 0 Å². The van der Waals surface area contributed by atoms with Gasteiger partial charge < -0.3 is 5.32 Å². The van der Waals surface area contributed by atoms with Crippen molar-refractivity contribution in [2.24, 2.45) is 0 Å². The number of thiophene rings is 1. The van der Waals surface area contributed by atoms with Crippen molar-refractivity contribution in [1.82, 2.24) is 10.2 Å². The third kappa shape index (κ3) is 4.56. The lowest BCUT2D eigenvalue weighted by Crippen LogP contribution is -2.34. The van der Waals surface area contributed by atoms with Crippen LogP contribution in [-0.4, -0.2) is 37.1 Å². The Hall–Kier alpha value is -0.640. The Labute approximate surface area is 115 Å². The second-order valence-electron chi connectivity index (χ2n) is 5.45. The van der Waals surface area contributed by atoms with E-state index in [-0.39, 0.29) is 0 Å². The Balaban J connectivity index is 1.68. The Morgan fingerprint density at radius 1 is 1.61 bits per heavy atom. The number of nitrogens with zero attached hydrogens (tertiary/aromatic N) is 1. The van der Waals surface area contributed by atoms with Gasteiger partial charge in [-0.1, -0.05) is 12.6 Å². The summed E-state index contributed by atoms with van der Waals surface area (Å²) in [6.45, 7) is 8.43. The van der Waals surface area contributed by atoms with Gasteiger partial charge in [-0.15, -0.1) is 11.3 Å². The number of likely N-dealkylation sites (N-methyl/N-ethyl adjacent to an activating group) is 1. The first-order valence-corrected chi connectivity index (χ1v) is 7.65. The van der Waals surface area contributed by atoms with Gasteiger partial charge in [0.15, 0.2) is 0 Å². The fourth-order valence-corrected chi connectivity index (χ4v) is 2.84. The van der Waals surface area contributed by atoms with Crippen LogP contribution in [0.15, 0.2) is 29.7 Å². The zero-order valence-electron chi connectivity index (χ0n) is 11.5. The summed E-state index contributed by atoms with van der Waals surface area (Å²) in [5, 5.41) is 5.68. The van der Waals surface area contributed by atoms with Crippen molar-refractivity contribution in [3.8, 4) is 0 Å². The molecule has 3 heteroatoms. The molecule has 0 amide bonds. The molecule has 1 aromatic heterocycles. The van der Waals surface area contributed by atoms with E-state index < -0.39 is 0 Å². The number of hydrogen-bond acceptors (Lipinski definition) is 3. The highest BCUT2D eigenvalue weighted by atomic mass is 32.1. The molecule has 1 saturated carbocycles. The van der Waals surface area contributed by atoms with Crippen molar-refractivity contribution in [2.45, 2.75) is 38.3 Å². The number of nitrogens with one attached hydrogen (secondary N) is 1. The molecule has 0 radical (unpaired) electrons. The van der Waals surface area contributed by atoms with Crippen molar-refractivity contribution in [3.63, 3.8) is 0 Å². The minimum Gasteiger partial charge on any atom is -0.310 e. The van der Waals surface area contributed by atoms with Crippen LogP contribution < -0.4 is 5.32 Å². The molecule has 18 heavy (non-hydrogen) atoms. The molecule has 1 aliphatic carbocycles. The van der Waals surface area contributed by atoms with Crippen LogP contribution in [0.25, 0.3) is 0 Å². The van der Waals surface area contributed by atoms with Gasteiger partial charge in [-0.3, -0.25) is 4.90 Å². The smallest absolute Gasteiger partial charge is 0.0202 e. The molecule has 1 N–H and O–H groups in total. The van der Waals surface area contributed by atoms with Crippen LogP contribution in [0.4, 0.5) is 0 Å². The fourth-order valence-electron chi connectivity index (χ4n) is 2.02. The van der Waals surface area contributed by atoms with Gasteiger partial charge in [0.2, 0.25) is 0 Å². The predicted molar refractivity (Wildman–Crippen MR) is 80.3 cm³/mol. The van der Waals surface area contributed by atoms with Crippen LogP contribution in [0.1, 0.15) is 24.6 Å². The maximum Gasteiger partial charge on any atom is 0.0202 e. The minimum absolute atomic E-state index is 0.571. The Kier molecular flexibility index (Phi) is 4.98. The van der Waals surface area contributed by atoms with E-state index in [9.17, 15) is 0 Å². The number of rotatable bonds is 8. The summed E-state index contributed by atoms with van der Waals surface area (Å²) in [6, 6.07) is 5.70. The molecule has 0 bridgehead atoms. The van der Waals surface area contributed by atoms with Crippen LogP contribution in [0.3, 0.4) is 0 Å². The zero-order chi connectivity index (χ0) is 13.0. The van der Waals surface area contributed by atoms with Gasteiger partial charge >= 0.3 is 0 Å². The second-order valence-corrected chi connectivity index (χ2v) is 6.49. The lowest BCUT2D eigenvalue weighted by molar-refractivity contribution is 0.276. The Morgan fingerprint density at radius 2 is 2.39 bits per heavy atom. The average molecular weight is 264 g/mol. The summed E-state index contributed by atoms with van der Waals surface area (Å²) in [6.07, 6.45) is 3.83. The zero-order valence-corrected chi connectivity index (χ0v) is 12.3. The molecule has 1 fully saturated rings. The van der Waals surface area contributed by atoms with Gasteiger partial charge in [-0.25, -0.2) is 0 Å². The average Bonchev–Trinajstić information content (AvgIpc) is 3.03. The van der Waals surface area contributed by atoms with Gasteiger partial charge in [-0.05, 0) is 50.3 Å². The standard InChI is InChI=1S/C15H24N2S/c1-12(10-16-14-6-7-14)11-17(3)13(2)9-15-5-4-8-18-15/h4-5,8,13-14,16H,1,6-7,9-11H2,2-3H3. The lowest BCUT2D eigenvalue weighted by Gasteiger charge is -2.25. The highest BCUT2D eigenvalue weighted by Gasteiger charge is 2.20. The van der Waals surface area contributed by atoms with Gasteiger partial charge in [0.1, 0.15) is 0 Å². The highest BCUT2D eigenvalue weighted by Crippen LogP contribution is 2.19. The van der Waals surface area contributed by atoms with E-state index in [0.717, 1.165) is 25.6 Å². The maximum atomic E-state index is 4.17. The second kappa shape index (κ2) is 6.50. The van der Waals surface area contributed by atoms with Crippen LogP contribution in [0.2, 0.25) is 0 Å². The molecular weight excluding hydrogens is 240 g/mol. The van der Waals surface area contributed by atoms with Crippen LogP contribution in [0, 0.1) is 0 Å². The Morgan fingerprint density at radius 3 is 3.00 bits per heavy atom. The Bertz CT molecular complexity index is 368. The molecule has 2 nitrogen and oxygen atoms in total. The SMILES string of the molecule is C=C(CNC1CC1)CN(C)C(C)Cc1cccs1. The van der Waals surface area contributed by atoms with Gasteiger partial charge in [0, 0.05) is 30.1 Å². The summed E-state index contributed by atoms with van der Waals surface area (Å²) in [4.78, 5) is 3.87. The molecule has 100 valence electrons. The van der Waals surface area contributed by atoms with Crippen molar-refractivity contribution < 1.29 is 0 Å². The molecule has 1 aliphatic rings. The highest BCUT2D eigenvalue weighted by molar-refractivity contribution is 7.09. The summed E-state index contributed by atoms with van der Waals surface area (Å²) in [5.74, 6) is 0. The lowest BCUT2D eigenvalue weighted by atomic mass is 10.1. The van der Waals surface area contributed by atoms with Gasteiger partial charge in [-0.2, -0.15) is 0 Å². The molecule has 1 aromatic rings. The summed E-state index contributed by atoms with van der Waals surface area (Å²) in [7, 11) is 2.20. The predicted octanol–water partition coefficient (Wildman–Crippen LogP) is 2.92. The van der Waals surface area contributed by atoms with Crippen molar-refractivity contribution >= 4 is 11.3 Å². The van der Waals surface area contributed by atoms with Gasteiger partial charge in [0.25, 0.3) is 0 Å². The van der Waals surface area contributed by atoms with E-state index >= 15 is 0 Å². The molecule has 0 aliphatic heterocycles. The third-order valence-electron chi connectivity index (χ3n) is 3.52. The van der Waals surface area contributed by atoms with E-state index in [4.69, 9.17) is 0 Å². The fraction of sp³-hybridized carbons (Fsp3) is 0.600. The van der Waals surface area contributed by atoms with Crippen LogP contribution in [-0.2, 0) is 6.42 Å². The molecule has 0 saturated heterocycles. The molecule has 1 unspecified atom stereocenters. The normalized spacial score (nSPS) is 17.1. The van der Waals surface area contributed by atoms with Crippen molar-refractivity contribution in [1.29, 1.82) is 0 Å². The van der Waals surface area contributed by atoms with E-state index in [0.29, 0.717) is 6.04 Å². The van der Waals surface area contributed by atoms with Crippen LogP contribution >= 0.6 is 11.3 Å². The largest absolute Gasteiger partial charge is 0.310 e. The van der Waals surface area contributed by atoms with Crippen LogP contribution in [0.5, 0.6) is 0 Å². The van der Waals surface area contributed by atoms with Crippen molar-refractivity contribution in [2.75, 3.05) is 20.1 Å². The molecule has 1 heterocycles. The summed E-state index contributed by atoms with van der Waals surface area (Å²) >= 11 is 1.85. The monoisotopic (exact) mass is 264 g/mol. The molecule has 0 aromatic carbocycles. The first-order chi connectivity index (χ1) is 8.65. The minimum atomic E-state index is 0.571. The molecular formula is C15H24N2S.